The van der Waals surface area contributed by atoms with Crippen LogP contribution in [0.5, 0.6) is 0 Å². The molecule has 0 aromatic heterocycles. The summed E-state index contributed by atoms with van der Waals surface area (Å²) in [7, 11) is 0. The third kappa shape index (κ3) is 2.35. The number of likely N-dealkylation sites (tertiary alicyclic amines) is 1. The number of β-amino-alcohol motifs (C(OH)–C–C–N with tert-alkyl or cyclic N) is 1. The molecule has 0 saturated carbocycles. The fourth-order valence-corrected chi connectivity index (χ4v) is 1.13. The number of rotatable bonds is 2. The highest BCUT2D eigenvalue weighted by Gasteiger charge is 2.25. The van der Waals surface area contributed by atoms with Gasteiger partial charge >= 0.3 is 6.09 Å². The molecular weight excluding hydrogens is 162 g/mol. The zero-order valence-corrected chi connectivity index (χ0v) is 6.77. The van der Waals surface area contributed by atoms with Crippen molar-refractivity contribution in [3.05, 3.63) is 0 Å². The van der Waals surface area contributed by atoms with E-state index in [2.05, 4.69) is 4.74 Å². The van der Waals surface area contributed by atoms with E-state index in [4.69, 9.17) is 10.2 Å². The standard InChI is InChI=1S/C7H13NO4/c9-3-4-12-7(11)8-2-1-6(10)5-8/h6,9-10H,1-5H2/t6-/m0/s1. The van der Waals surface area contributed by atoms with Crippen molar-refractivity contribution in [3.63, 3.8) is 0 Å². The van der Waals surface area contributed by atoms with Crippen molar-refractivity contribution in [2.75, 3.05) is 26.3 Å². The SMILES string of the molecule is O=C(OCCO)N1CC[C@H](O)C1. The topological polar surface area (TPSA) is 70.0 Å². The summed E-state index contributed by atoms with van der Waals surface area (Å²) in [6, 6.07) is 0. The summed E-state index contributed by atoms with van der Waals surface area (Å²) in [6.45, 7) is 0.725. The van der Waals surface area contributed by atoms with Crippen LogP contribution in [-0.2, 0) is 4.74 Å². The molecule has 1 saturated heterocycles. The maximum Gasteiger partial charge on any atom is 0.409 e. The average Bonchev–Trinajstić information content (AvgIpc) is 2.47. The summed E-state index contributed by atoms with van der Waals surface area (Å²) in [5, 5.41) is 17.4. The Labute approximate surface area is 70.5 Å². The van der Waals surface area contributed by atoms with Gasteiger partial charge in [-0.25, -0.2) is 4.79 Å². The van der Waals surface area contributed by atoms with Crippen LogP contribution in [-0.4, -0.2) is 53.6 Å². The van der Waals surface area contributed by atoms with Crippen LogP contribution in [0.25, 0.3) is 0 Å². The molecule has 5 nitrogen and oxygen atoms in total. The molecule has 1 atom stereocenters. The lowest BCUT2D eigenvalue weighted by molar-refractivity contribution is 0.0855. The first kappa shape index (κ1) is 9.28. The zero-order valence-electron chi connectivity index (χ0n) is 6.77. The second-order valence-corrected chi connectivity index (χ2v) is 2.73. The van der Waals surface area contributed by atoms with Crippen LogP contribution in [0.15, 0.2) is 0 Å². The summed E-state index contributed by atoms with van der Waals surface area (Å²) >= 11 is 0. The highest BCUT2D eigenvalue weighted by atomic mass is 16.6. The van der Waals surface area contributed by atoms with E-state index in [1.54, 1.807) is 0 Å². The molecule has 0 aromatic carbocycles. The summed E-state index contributed by atoms with van der Waals surface area (Å²) in [6.07, 6.45) is -0.277. The van der Waals surface area contributed by atoms with Crippen LogP contribution in [0.2, 0.25) is 0 Å². The van der Waals surface area contributed by atoms with Crippen molar-refractivity contribution in [2.45, 2.75) is 12.5 Å². The number of nitrogens with zero attached hydrogens (tertiary/aromatic N) is 1. The van der Waals surface area contributed by atoms with Gasteiger partial charge in [0.15, 0.2) is 0 Å². The Morgan fingerprint density at radius 3 is 2.92 bits per heavy atom. The van der Waals surface area contributed by atoms with Crippen molar-refractivity contribution in [3.8, 4) is 0 Å². The number of carbonyl (C=O) groups is 1. The van der Waals surface area contributed by atoms with E-state index in [1.807, 2.05) is 0 Å². The van der Waals surface area contributed by atoms with Crippen LogP contribution in [0.4, 0.5) is 4.79 Å². The first-order chi connectivity index (χ1) is 5.74. The predicted octanol–water partition coefficient (Wildman–Crippen LogP) is -0.818. The fraction of sp³-hybridized carbons (Fsp3) is 0.857. The number of aliphatic hydroxyl groups excluding tert-OH is 2. The molecular formula is C7H13NO4. The number of hydrogen-bond donors (Lipinski definition) is 2. The maximum atomic E-state index is 11.0. The van der Waals surface area contributed by atoms with E-state index in [9.17, 15) is 4.79 Å². The van der Waals surface area contributed by atoms with Gasteiger partial charge in [-0.2, -0.15) is 0 Å². The molecule has 0 radical (unpaired) electrons. The molecule has 0 spiro atoms. The Balaban J connectivity index is 2.23. The van der Waals surface area contributed by atoms with E-state index in [0.29, 0.717) is 19.5 Å². The highest BCUT2D eigenvalue weighted by Crippen LogP contribution is 2.09. The third-order valence-corrected chi connectivity index (χ3v) is 1.74. The summed E-state index contributed by atoms with van der Waals surface area (Å²) in [5.41, 5.74) is 0. The van der Waals surface area contributed by atoms with Gasteiger partial charge in [0.2, 0.25) is 0 Å². The van der Waals surface area contributed by atoms with Gasteiger partial charge in [0.05, 0.1) is 12.7 Å². The van der Waals surface area contributed by atoms with E-state index < -0.39 is 12.2 Å². The van der Waals surface area contributed by atoms with Gasteiger partial charge in [-0.3, -0.25) is 0 Å². The van der Waals surface area contributed by atoms with Crippen molar-refractivity contribution in [1.82, 2.24) is 4.90 Å². The summed E-state index contributed by atoms with van der Waals surface area (Å²) < 4.78 is 4.65. The molecule has 70 valence electrons. The minimum Gasteiger partial charge on any atom is -0.447 e. The number of hydrogen-bond acceptors (Lipinski definition) is 4. The first-order valence-corrected chi connectivity index (χ1v) is 3.94. The quantitative estimate of drug-likeness (QED) is 0.575. The van der Waals surface area contributed by atoms with E-state index >= 15 is 0 Å². The summed E-state index contributed by atoms with van der Waals surface area (Å²) in [4.78, 5) is 12.5. The molecule has 1 aliphatic heterocycles. The van der Waals surface area contributed by atoms with Crippen LogP contribution in [0, 0.1) is 0 Å². The van der Waals surface area contributed by atoms with Crippen LogP contribution < -0.4 is 0 Å². The van der Waals surface area contributed by atoms with Crippen molar-refractivity contribution in [2.24, 2.45) is 0 Å². The van der Waals surface area contributed by atoms with Crippen LogP contribution in [0.1, 0.15) is 6.42 Å². The molecule has 1 rings (SSSR count). The maximum absolute atomic E-state index is 11.0. The number of carbonyl (C=O) groups excluding carboxylic acids is 1. The van der Waals surface area contributed by atoms with Crippen molar-refractivity contribution < 1.29 is 19.7 Å². The molecule has 1 amide bonds. The van der Waals surface area contributed by atoms with E-state index in [-0.39, 0.29) is 13.2 Å². The molecule has 0 aromatic rings. The minimum absolute atomic E-state index is 0.0193. The van der Waals surface area contributed by atoms with Gasteiger partial charge in [-0.15, -0.1) is 0 Å². The molecule has 0 unspecified atom stereocenters. The number of ether oxygens (including phenoxy) is 1. The zero-order chi connectivity index (χ0) is 8.97. The van der Waals surface area contributed by atoms with Gasteiger partial charge in [-0.05, 0) is 6.42 Å². The van der Waals surface area contributed by atoms with Crippen molar-refractivity contribution >= 4 is 6.09 Å². The highest BCUT2D eigenvalue weighted by molar-refractivity contribution is 5.67. The average molecular weight is 175 g/mol. The molecule has 12 heavy (non-hydrogen) atoms. The normalized spacial score (nSPS) is 22.8. The van der Waals surface area contributed by atoms with E-state index in [0.717, 1.165) is 0 Å². The predicted molar refractivity (Wildman–Crippen MR) is 40.6 cm³/mol. The van der Waals surface area contributed by atoms with Crippen LogP contribution >= 0.6 is 0 Å². The van der Waals surface area contributed by atoms with E-state index in [1.165, 1.54) is 4.90 Å². The lowest BCUT2D eigenvalue weighted by atomic mass is 10.3. The lowest BCUT2D eigenvalue weighted by Crippen LogP contribution is -2.30. The minimum atomic E-state index is -0.458. The third-order valence-electron chi connectivity index (χ3n) is 1.74. The first-order valence-electron chi connectivity index (χ1n) is 3.94. The molecule has 1 heterocycles. The lowest BCUT2D eigenvalue weighted by Gasteiger charge is -2.14. The Morgan fingerprint density at radius 2 is 2.42 bits per heavy atom. The number of amides is 1. The molecule has 2 N–H and O–H groups in total. The Kier molecular flexibility index (Phi) is 3.31. The number of aliphatic hydroxyl groups is 2. The largest absolute Gasteiger partial charge is 0.447 e. The van der Waals surface area contributed by atoms with Crippen LogP contribution in [0.3, 0.4) is 0 Å². The Bertz CT molecular complexity index is 161. The molecule has 5 heteroatoms. The van der Waals surface area contributed by atoms with Gasteiger partial charge in [-0.1, -0.05) is 0 Å². The molecule has 1 fully saturated rings. The van der Waals surface area contributed by atoms with Crippen molar-refractivity contribution in [1.29, 1.82) is 0 Å². The second kappa shape index (κ2) is 4.27. The van der Waals surface area contributed by atoms with Gasteiger partial charge in [0.1, 0.15) is 6.61 Å². The van der Waals surface area contributed by atoms with Gasteiger partial charge < -0.3 is 19.8 Å². The second-order valence-electron chi connectivity index (χ2n) is 2.73. The Hall–Kier alpha value is -0.810. The molecule has 1 aliphatic rings. The fourth-order valence-electron chi connectivity index (χ4n) is 1.13. The molecule has 0 bridgehead atoms. The van der Waals surface area contributed by atoms with Gasteiger partial charge in [0, 0.05) is 13.1 Å². The monoisotopic (exact) mass is 175 g/mol. The summed E-state index contributed by atoms with van der Waals surface area (Å²) in [5.74, 6) is 0. The smallest absolute Gasteiger partial charge is 0.409 e. The van der Waals surface area contributed by atoms with Gasteiger partial charge in [0.25, 0.3) is 0 Å². The Morgan fingerprint density at radius 1 is 1.67 bits per heavy atom. The molecule has 0 aliphatic carbocycles.